The third-order valence-electron chi connectivity index (χ3n) is 3.74. The van der Waals surface area contributed by atoms with Crippen molar-refractivity contribution in [3.63, 3.8) is 0 Å². The zero-order chi connectivity index (χ0) is 18.0. The SMILES string of the molecule is COC(=O)c1cc(-c2ccc(CN)cc2)n(-c2ccc(Cl)c(Cl)c2)n1. The Morgan fingerprint density at radius 1 is 1.12 bits per heavy atom. The molecule has 1 aromatic heterocycles. The molecule has 2 N–H and O–H groups in total. The van der Waals surface area contributed by atoms with E-state index in [0.29, 0.717) is 22.3 Å². The fourth-order valence-corrected chi connectivity index (χ4v) is 2.71. The first-order valence-electron chi connectivity index (χ1n) is 7.46. The van der Waals surface area contributed by atoms with Crippen molar-refractivity contribution in [2.75, 3.05) is 7.11 Å². The maximum atomic E-state index is 11.9. The van der Waals surface area contributed by atoms with Gasteiger partial charge in [0.15, 0.2) is 5.69 Å². The lowest BCUT2D eigenvalue weighted by atomic mass is 10.1. The van der Waals surface area contributed by atoms with Crippen LogP contribution in [0.1, 0.15) is 16.1 Å². The van der Waals surface area contributed by atoms with E-state index >= 15 is 0 Å². The number of nitrogens with two attached hydrogens (primary N) is 1. The first-order valence-corrected chi connectivity index (χ1v) is 8.22. The highest BCUT2D eigenvalue weighted by Crippen LogP contribution is 2.29. The van der Waals surface area contributed by atoms with Crippen LogP contribution >= 0.6 is 23.2 Å². The summed E-state index contributed by atoms with van der Waals surface area (Å²) < 4.78 is 6.41. The van der Waals surface area contributed by atoms with Gasteiger partial charge in [-0.1, -0.05) is 47.5 Å². The van der Waals surface area contributed by atoms with Crippen LogP contribution in [0.5, 0.6) is 0 Å². The molecule has 0 bridgehead atoms. The molecule has 0 aliphatic carbocycles. The molecule has 0 aliphatic rings. The van der Waals surface area contributed by atoms with Crippen molar-refractivity contribution in [1.82, 2.24) is 9.78 Å². The number of halogens is 2. The summed E-state index contributed by atoms with van der Waals surface area (Å²) in [6.07, 6.45) is 0. The van der Waals surface area contributed by atoms with E-state index < -0.39 is 5.97 Å². The lowest BCUT2D eigenvalue weighted by molar-refractivity contribution is 0.0593. The molecule has 25 heavy (non-hydrogen) atoms. The molecule has 0 saturated heterocycles. The molecule has 7 heteroatoms. The molecule has 0 fully saturated rings. The van der Waals surface area contributed by atoms with E-state index in [-0.39, 0.29) is 5.69 Å². The van der Waals surface area contributed by atoms with Gasteiger partial charge < -0.3 is 10.5 Å². The Balaban J connectivity index is 2.16. The molecule has 0 unspecified atom stereocenters. The minimum absolute atomic E-state index is 0.200. The Bertz CT molecular complexity index is 921. The summed E-state index contributed by atoms with van der Waals surface area (Å²) in [6, 6.07) is 14.5. The summed E-state index contributed by atoms with van der Waals surface area (Å²) in [7, 11) is 1.32. The average Bonchev–Trinajstić information content (AvgIpc) is 3.08. The molecular formula is C18H15Cl2N3O2. The van der Waals surface area contributed by atoms with Crippen LogP contribution < -0.4 is 5.73 Å². The van der Waals surface area contributed by atoms with E-state index in [1.165, 1.54) is 7.11 Å². The Hall–Kier alpha value is -2.34. The summed E-state index contributed by atoms with van der Waals surface area (Å²) in [6.45, 7) is 0.458. The van der Waals surface area contributed by atoms with Crippen molar-refractivity contribution >= 4 is 29.2 Å². The molecule has 1 heterocycles. The molecule has 0 spiro atoms. The number of carbonyl (C=O) groups is 1. The zero-order valence-corrected chi connectivity index (χ0v) is 14.9. The van der Waals surface area contributed by atoms with Gasteiger partial charge in [0.2, 0.25) is 0 Å². The maximum absolute atomic E-state index is 11.9. The average molecular weight is 376 g/mol. The summed E-state index contributed by atoms with van der Waals surface area (Å²) in [5.74, 6) is -0.515. The van der Waals surface area contributed by atoms with Gasteiger partial charge in [0.05, 0.1) is 28.5 Å². The minimum Gasteiger partial charge on any atom is -0.464 e. The number of benzene rings is 2. The molecule has 2 aromatic carbocycles. The predicted molar refractivity (Wildman–Crippen MR) is 98.3 cm³/mol. The Kier molecular flexibility index (Phi) is 5.08. The van der Waals surface area contributed by atoms with E-state index in [4.69, 9.17) is 33.7 Å². The number of carbonyl (C=O) groups excluding carboxylic acids is 1. The number of nitrogens with zero attached hydrogens (tertiary/aromatic N) is 2. The maximum Gasteiger partial charge on any atom is 0.358 e. The van der Waals surface area contributed by atoms with Gasteiger partial charge >= 0.3 is 5.97 Å². The lowest BCUT2D eigenvalue weighted by Gasteiger charge is -2.09. The molecule has 0 radical (unpaired) electrons. The van der Waals surface area contributed by atoms with Gasteiger partial charge in [-0.3, -0.25) is 0 Å². The van der Waals surface area contributed by atoms with Crippen molar-refractivity contribution in [3.05, 3.63) is 69.8 Å². The largest absolute Gasteiger partial charge is 0.464 e. The van der Waals surface area contributed by atoms with Crippen molar-refractivity contribution in [2.24, 2.45) is 5.73 Å². The normalized spacial score (nSPS) is 10.7. The van der Waals surface area contributed by atoms with Crippen molar-refractivity contribution in [1.29, 1.82) is 0 Å². The third kappa shape index (κ3) is 3.54. The molecule has 3 rings (SSSR count). The second-order valence-corrected chi connectivity index (χ2v) is 6.13. The number of hydrogen-bond donors (Lipinski definition) is 1. The van der Waals surface area contributed by atoms with Crippen LogP contribution in [0.4, 0.5) is 0 Å². The number of methoxy groups -OCH3 is 1. The number of rotatable bonds is 4. The van der Waals surface area contributed by atoms with Gasteiger partial charge in [-0.2, -0.15) is 5.10 Å². The Morgan fingerprint density at radius 3 is 2.44 bits per heavy atom. The molecule has 5 nitrogen and oxygen atoms in total. The Labute approximate surface area is 154 Å². The highest BCUT2D eigenvalue weighted by Gasteiger charge is 2.17. The zero-order valence-electron chi connectivity index (χ0n) is 13.4. The van der Waals surface area contributed by atoms with E-state index in [1.54, 1.807) is 28.9 Å². The first-order chi connectivity index (χ1) is 12.0. The highest BCUT2D eigenvalue weighted by molar-refractivity contribution is 6.42. The number of aromatic nitrogens is 2. The van der Waals surface area contributed by atoms with Crippen molar-refractivity contribution in [2.45, 2.75) is 6.54 Å². The van der Waals surface area contributed by atoms with E-state index in [1.807, 2.05) is 24.3 Å². The minimum atomic E-state index is -0.515. The summed E-state index contributed by atoms with van der Waals surface area (Å²) >= 11 is 12.1. The van der Waals surface area contributed by atoms with Crippen LogP contribution in [0, 0.1) is 0 Å². The van der Waals surface area contributed by atoms with Gasteiger partial charge in [-0.25, -0.2) is 9.48 Å². The standard InChI is InChI=1S/C18H15Cl2N3O2/c1-25-18(24)16-9-17(12-4-2-11(10-21)3-5-12)23(22-16)13-6-7-14(19)15(20)8-13/h2-9H,10,21H2,1H3. The fourth-order valence-electron chi connectivity index (χ4n) is 2.42. The highest BCUT2D eigenvalue weighted by atomic mass is 35.5. The van der Waals surface area contributed by atoms with Crippen LogP contribution in [-0.4, -0.2) is 22.9 Å². The second kappa shape index (κ2) is 7.27. The smallest absolute Gasteiger partial charge is 0.358 e. The van der Waals surface area contributed by atoms with Crippen LogP contribution in [0.15, 0.2) is 48.5 Å². The summed E-state index contributed by atoms with van der Waals surface area (Å²) in [5.41, 5.74) is 9.15. The molecule has 3 aromatic rings. The summed E-state index contributed by atoms with van der Waals surface area (Å²) in [5, 5.41) is 5.20. The number of hydrogen-bond acceptors (Lipinski definition) is 4. The molecule has 0 amide bonds. The fraction of sp³-hybridized carbons (Fsp3) is 0.111. The van der Waals surface area contributed by atoms with E-state index in [9.17, 15) is 4.79 Å². The van der Waals surface area contributed by atoms with Crippen molar-refractivity contribution < 1.29 is 9.53 Å². The van der Waals surface area contributed by atoms with Crippen LogP contribution in [-0.2, 0) is 11.3 Å². The van der Waals surface area contributed by atoms with Gasteiger partial charge in [-0.15, -0.1) is 0 Å². The number of ether oxygens (including phenoxy) is 1. The quantitative estimate of drug-likeness (QED) is 0.697. The number of esters is 1. The third-order valence-corrected chi connectivity index (χ3v) is 4.48. The topological polar surface area (TPSA) is 70.1 Å². The van der Waals surface area contributed by atoms with Crippen molar-refractivity contribution in [3.8, 4) is 16.9 Å². The molecule has 128 valence electrons. The molecular weight excluding hydrogens is 361 g/mol. The van der Waals surface area contributed by atoms with Gasteiger partial charge in [-0.05, 0) is 29.8 Å². The molecule has 0 atom stereocenters. The monoisotopic (exact) mass is 375 g/mol. The van der Waals surface area contributed by atoms with Gasteiger partial charge in [0.1, 0.15) is 0 Å². The Morgan fingerprint density at radius 2 is 1.84 bits per heavy atom. The van der Waals surface area contributed by atoms with E-state index in [0.717, 1.165) is 16.8 Å². The van der Waals surface area contributed by atoms with Crippen LogP contribution in [0.3, 0.4) is 0 Å². The lowest BCUT2D eigenvalue weighted by Crippen LogP contribution is -2.04. The van der Waals surface area contributed by atoms with E-state index in [2.05, 4.69) is 5.10 Å². The first kappa shape index (κ1) is 17.5. The van der Waals surface area contributed by atoms with Gasteiger partial charge in [0.25, 0.3) is 0 Å². The molecule has 0 aliphatic heterocycles. The van der Waals surface area contributed by atoms with Gasteiger partial charge in [0, 0.05) is 12.1 Å². The van der Waals surface area contributed by atoms with Crippen LogP contribution in [0.2, 0.25) is 10.0 Å². The second-order valence-electron chi connectivity index (χ2n) is 5.32. The summed E-state index contributed by atoms with van der Waals surface area (Å²) in [4.78, 5) is 11.9. The van der Waals surface area contributed by atoms with Crippen LogP contribution in [0.25, 0.3) is 16.9 Å². The molecule has 0 saturated carbocycles. The predicted octanol–water partition coefficient (Wildman–Crippen LogP) is 4.09.